The molecule has 0 aliphatic heterocycles. The highest BCUT2D eigenvalue weighted by atomic mass is 32.1. The van der Waals surface area contributed by atoms with Gasteiger partial charge in [0.15, 0.2) is 5.13 Å². The van der Waals surface area contributed by atoms with Gasteiger partial charge >= 0.3 is 6.09 Å². The van der Waals surface area contributed by atoms with Crippen LogP contribution in [0, 0.1) is 0 Å². The number of nitrogens with one attached hydrogen (secondary N) is 1. The topological polar surface area (TPSA) is 107 Å². The molecule has 2 aromatic carbocycles. The van der Waals surface area contributed by atoms with Gasteiger partial charge in [-0.1, -0.05) is 0 Å². The third-order valence-electron chi connectivity index (χ3n) is 4.47. The Morgan fingerprint density at radius 1 is 1.03 bits per heavy atom. The number of rotatable bonds is 5. The molecule has 0 unspecified atom stereocenters. The molecule has 0 atom stereocenters. The van der Waals surface area contributed by atoms with Crippen LogP contribution in [0.2, 0.25) is 0 Å². The van der Waals surface area contributed by atoms with Crippen molar-refractivity contribution in [2.75, 3.05) is 16.0 Å². The predicted molar refractivity (Wildman–Crippen MR) is 136 cm³/mol. The summed E-state index contributed by atoms with van der Waals surface area (Å²) in [6.07, 6.45) is 1.14. The molecule has 34 heavy (non-hydrogen) atoms. The summed E-state index contributed by atoms with van der Waals surface area (Å²) in [6.45, 7) is 11.3. The minimum Gasteiger partial charge on any atom is -0.455 e. The van der Waals surface area contributed by atoms with Crippen LogP contribution in [0.3, 0.4) is 0 Å². The number of nitrogens with zero attached hydrogens (tertiary/aromatic N) is 2. The Labute approximate surface area is 203 Å². The number of aromatic nitrogens is 1. The quantitative estimate of drug-likeness (QED) is 0.413. The summed E-state index contributed by atoms with van der Waals surface area (Å²) in [5.41, 5.74) is 6.50. The molecular weight excluding hydrogens is 452 g/mol. The minimum absolute atomic E-state index is 0.196. The second-order valence-electron chi connectivity index (χ2n) is 9.63. The first-order chi connectivity index (χ1) is 15.8. The first kappa shape index (κ1) is 25.0. The summed E-state index contributed by atoms with van der Waals surface area (Å²) in [6, 6.07) is 11.7. The van der Waals surface area contributed by atoms with E-state index in [9.17, 15) is 9.59 Å². The van der Waals surface area contributed by atoms with Gasteiger partial charge in [-0.05, 0) is 84.0 Å². The smallest absolute Gasteiger partial charge is 0.412 e. The fourth-order valence-corrected chi connectivity index (χ4v) is 3.89. The van der Waals surface area contributed by atoms with Crippen molar-refractivity contribution in [1.82, 2.24) is 4.98 Å². The standard InChI is InChI=1S/C25H30N4O4S/c1-24(2,3)29(22-27-13-14-34-22)21(30)16-7-12-20(19(26)15-16)32-18-10-8-17(9-11-18)28-23(31)33-25(4,5)6/h7-15H,26H2,1-6H3,(H,28,31). The molecule has 3 N–H and O–H groups in total. The van der Waals surface area contributed by atoms with E-state index < -0.39 is 17.2 Å². The lowest BCUT2D eigenvalue weighted by atomic mass is 10.0. The van der Waals surface area contributed by atoms with Crippen LogP contribution in [0.5, 0.6) is 11.5 Å². The molecule has 180 valence electrons. The third-order valence-corrected chi connectivity index (χ3v) is 5.23. The van der Waals surface area contributed by atoms with Crippen LogP contribution in [0.1, 0.15) is 51.9 Å². The van der Waals surface area contributed by atoms with Crippen LogP contribution in [0.15, 0.2) is 54.0 Å². The molecule has 8 nitrogen and oxygen atoms in total. The Bertz CT molecular complexity index is 1150. The van der Waals surface area contributed by atoms with E-state index in [1.165, 1.54) is 11.3 Å². The fraction of sp³-hybridized carbons (Fsp3) is 0.320. The summed E-state index contributed by atoms with van der Waals surface area (Å²) in [4.78, 5) is 31.1. The molecule has 3 aromatic rings. The molecule has 0 saturated carbocycles. The number of amides is 2. The number of thiazole rings is 1. The summed E-state index contributed by atoms with van der Waals surface area (Å²) in [7, 11) is 0. The lowest BCUT2D eigenvalue weighted by Crippen LogP contribution is -2.46. The van der Waals surface area contributed by atoms with Crippen LogP contribution >= 0.6 is 11.3 Å². The van der Waals surface area contributed by atoms with E-state index in [0.717, 1.165) is 0 Å². The van der Waals surface area contributed by atoms with Crippen molar-refractivity contribution in [3.8, 4) is 11.5 Å². The van der Waals surface area contributed by atoms with Gasteiger partial charge in [-0.15, -0.1) is 11.3 Å². The van der Waals surface area contributed by atoms with E-state index in [0.29, 0.717) is 33.6 Å². The van der Waals surface area contributed by atoms with Crippen molar-refractivity contribution in [2.24, 2.45) is 0 Å². The van der Waals surface area contributed by atoms with Gasteiger partial charge < -0.3 is 15.2 Å². The Hall–Kier alpha value is -3.59. The van der Waals surface area contributed by atoms with Gasteiger partial charge in [0.05, 0.1) is 5.69 Å². The second kappa shape index (κ2) is 9.72. The monoisotopic (exact) mass is 482 g/mol. The van der Waals surface area contributed by atoms with E-state index in [4.69, 9.17) is 15.2 Å². The summed E-state index contributed by atoms with van der Waals surface area (Å²) in [5.74, 6) is 0.749. The average Bonchev–Trinajstić information content (AvgIpc) is 3.22. The third kappa shape index (κ3) is 6.48. The molecule has 2 amide bonds. The maximum absolute atomic E-state index is 13.3. The average molecular weight is 483 g/mol. The van der Waals surface area contributed by atoms with Crippen LogP contribution in [0.4, 0.5) is 21.3 Å². The van der Waals surface area contributed by atoms with Crippen LogP contribution in [-0.2, 0) is 4.74 Å². The van der Waals surface area contributed by atoms with E-state index in [2.05, 4.69) is 10.3 Å². The van der Waals surface area contributed by atoms with Crippen molar-refractivity contribution >= 4 is 39.8 Å². The first-order valence-corrected chi connectivity index (χ1v) is 11.6. The maximum Gasteiger partial charge on any atom is 0.412 e. The fourth-order valence-electron chi connectivity index (χ4n) is 3.06. The number of nitrogens with two attached hydrogens (primary N) is 1. The maximum atomic E-state index is 13.3. The molecule has 0 saturated heterocycles. The summed E-state index contributed by atoms with van der Waals surface area (Å²) in [5, 5.41) is 5.12. The van der Waals surface area contributed by atoms with Gasteiger partial charge in [0.2, 0.25) is 0 Å². The summed E-state index contributed by atoms with van der Waals surface area (Å²) >= 11 is 1.40. The lowest BCUT2D eigenvalue weighted by molar-refractivity contribution is 0.0635. The van der Waals surface area contributed by atoms with Crippen molar-refractivity contribution in [3.05, 3.63) is 59.6 Å². The zero-order valence-electron chi connectivity index (χ0n) is 20.2. The van der Waals surface area contributed by atoms with Gasteiger partial charge in [0.25, 0.3) is 5.91 Å². The number of carbonyl (C=O) groups is 2. The van der Waals surface area contributed by atoms with E-state index in [-0.39, 0.29) is 5.91 Å². The van der Waals surface area contributed by atoms with Crippen LogP contribution in [0.25, 0.3) is 0 Å². The summed E-state index contributed by atoms with van der Waals surface area (Å²) < 4.78 is 11.1. The number of hydrogen-bond acceptors (Lipinski definition) is 7. The molecule has 9 heteroatoms. The van der Waals surface area contributed by atoms with Crippen LogP contribution < -0.4 is 20.7 Å². The van der Waals surface area contributed by atoms with Crippen molar-refractivity contribution < 1.29 is 19.1 Å². The number of nitrogen functional groups attached to an aromatic ring is 1. The Morgan fingerprint density at radius 3 is 2.24 bits per heavy atom. The van der Waals surface area contributed by atoms with Crippen LogP contribution in [-0.4, -0.2) is 28.1 Å². The Morgan fingerprint density at radius 2 is 1.71 bits per heavy atom. The van der Waals surface area contributed by atoms with Gasteiger partial charge in [-0.25, -0.2) is 9.78 Å². The van der Waals surface area contributed by atoms with Gasteiger partial charge in [-0.2, -0.15) is 0 Å². The molecule has 1 heterocycles. The molecule has 0 aliphatic rings. The first-order valence-electron chi connectivity index (χ1n) is 10.7. The number of anilines is 3. The van der Waals surface area contributed by atoms with E-state index in [1.807, 2.05) is 26.2 Å². The zero-order valence-corrected chi connectivity index (χ0v) is 21.0. The van der Waals surface area contributed by atoms with E-state index >= 15 is 0 Å². The lowest BCUT2D eigenvalue weighted by Gasteiger charge is -2.33. The molecule has 0 aliphatic carbocycles. The Balaban J connectivity index is 1.72. The predicted octanol–water partition coefficient (Wildman–Crippen LogP) is 6.31. The second-order valence-corrected chi connectivity index (χ2v) is 10.5. The van der Waals surface area contributed by atoms with Crippen molar-refractivity contribution in [3.63, 3.8) is 0 Å². The van der Waals surface area contributed by atoms with Crippen molar-refractivity contribution in [1.29, 1.82) is 0 Å². The minimum atomic E-state index is -0.581. The number of hydrogen-bond donors (Lipinski definition) is 2. The highest BCUT2D eigenvalue weighted by molar-refractivity contribution is 7.13. The van der Waals surface area contributed by atoms with Gasteiger partial charge in [0, 0.05) is 28.4 Å². The highest BCUT2D eigenvalue weighted by Crippen LogP contribution is 2.32. The molecule has 0 fully saturated rings. The van der Waals surface area contributed by atoms with Gasteiger partial charge in [-0.3, -0.25) is 15.0 Å². The van der Waals surface area contributed by atoms with E-state index in [1.54, 1.807) is 74.3 Å². The highest BCUT2D eigenvalue weighted by Gasteiger charge is 2.31. The van der Waals surface area contributed by atoms with Gasteiger partial charge in [0.1, 0.15) is 17.1 Å². The molecule has 0 bridgehead atoms. The SMILES string of the molecule is CC(C)(C)OC(=O)Nc1ccc(Oc2ccc(C(=O)N(c3nccs3)C(C)(C)C)cc2N)cc1. The molecular formula is C25H30N4O4S. The largest absolute Gasteiger partial charge is 0.455 e. The number of carbonyl (C=O) groups excluding carboxylic acids is 2. The molecule has 1 aromatic heterocycles. The Kier molecular flexibility index (Phi) is 7.16. The normalized spacial score (nSPS) is 11.6. The molecule has 3 rings (SSSR count). The molecule has 0 spiro atoms. The number of ether oxygens (including phenoxy) is 2. The van der Waals surface area contributed by atoms with Crippen molar-refractivity contribution in [2.45, 2.75) is 52.7 Å². The molecule has 0 radical (unpaired) electrons. The zero-order chi connectivity index (χ0) is 25.1. The number of benzene rings is 2.